The zero-order chi connectivity index (χ0) is 26.1. The average molecular weight is 521 g/mol. The first kappa shape index (κ1) is 27.6. The van der Waals surface area contributed by atoms with Gasteiger partial charge >= 0.3 is 0 Å². The van der Waals surface area contributed by atoms with Crippen molar-refractivity contribution in [1.29, 1.82) is 0 Å². The van der Waals surface area contributed by atoms with Crippen LogP contribution in [0, 0.1) is 0 Å². The highest BCUT2D eigenvalue weighted by Crippen LogP contribution is 2.26. The van der Waals surface area contributed by atoms with Crippen molar-refractivity contribution in [2.45, 2.75) is 6.42 Å². The lowest BCUT2D eigenvalue weighted by Gasteiger charge is -2.24. The summed E-state index contributed by atoms with van der Waals surface area (Å²) in [6.07, 6.45) is -0.468. The molecule has 0 aliphatic rings. The van der Waals surface area contributed by atoms with Gasteiger partial charge in [-0.1, -0.05) is 24.4 Å². The number of hydrazine groups is 2. The number of nitrogens with zero attached hydrogens (tertiary/aromatic N) is 2. The van der Waals surface area contributed by atoms with Crippen LogP contribution in [-0.2, 0) is 9.59 Å². The zero-order valence-corrected chi connectivity index (χ0v) is 22.0. The molecule has 2 aromatic rings. The number of carbonyl (C=O) groups excluding carboxylic acids is 2. The van der Waals surface area contributed by atoms with Crippen LogP contribution in [0.1, 0.15) is 17.5 Å². The molecule has 0 aliphatic carbocycles. The molecule has 2 rings (SSSR count). The van der Waals surface area contributed by atoms with Crippen LogP contribution >= 0.6 is 24.4 Å². The summed E-state index contributed by atoms with van der Waals surface area (Å²) in [4.78, 5) is 25.5. The van der Waals surface area contributed by atoms with E-state index in [1.807, 2.05) is 0 Å². The molecule has 12 heteroatoms. The van der Waals surface area contributed by atoms with Crippen molar-refractivity contribution in [1.82, 2.24) is 20.9 Å². The molecular weight excluding hydrogens is 492 g/mol. The molecular formula is C23H28N4O6S2. The molecule has 0 atom stereocenters. The molecule has 0 radical (unpaired) electrons. The van der Waals surface area contributed by atoms with Crippen molar-refractivity contribution in [3.05, 3.63) is 47.5 Å². The van der Waals surface area contributed by atoms with E-state index < -0.39 is 18.2 Å². The molecule has 0 heterocycles. The van der Waals surface area contributed by atoms with E-state index in [-0.39, 0.29) is 9.98 Å². The van der Waals surface area contributed by atoms with E-state index in [9.17, 15) is 9.59 Å². The van der Waals surface area contributed by atoms with E-state index in [1.165, 1.54) is 38.5 Å². The van der Waals surface area contributed by atoms with Crippen molar-refractivity contribution < 1.29 is 28.5 Å². The predicted molar refractivity (Wildman–Crippen MR) is 139 cm³/mol. The lowest BCUT2D eigenvalue weighted by molar-refractivity contribution is -0.132. The minimum Gasteiger partial charge on any atom is -0.497 e. The molecule has 0 aliphatic heterocycles. The van der Waals surface area contributed by atoms with Crippen molar-refractivity contribution in [2.75, 3.05) is 42.5 Å². The van der Waals surface area contributed by atoms with Crippen molar-refractivity contribution in [3.8, 4) is 23.0 Å². The Morgan fingerprint density at radius 1 is 0.714 bits per heavy atom. The molecule has 188 valence electrons. The fourth-order valence-corrected chi connectivity index (χ4v) is 3.43. The lowest BCUT2D eigenvalue weighted by Crippen LogP contribution is -2.47. The maximum atomic E-state index is 12.5. The molecule has 0 bridgehead atoms. The average Bonchev–Trinajstić information content (AvgIpc) is 2.86. The van der Waals surface area contributed by atoms with Crippen molar-refractivity contribution in [3.63, 3.8) is 0 Å². The normalized spacial score (nSPS) is 10.0. The van der Waals surface area contributed by atoms with Gasteiger partial charge in [-0.2, -0.15) is 0 Å². The number of nitrogens with one attached hydrogen (secondary N) is 2. The third kappa shape index (κ3) is 7.17. The minimum absolute atomic E-state index is 0.276. The predicted octanol–water partition coefficient (Wildman–Crippen LogP) is 2.09. The number of rotatable bonds is 8. The molecule has 2 aromatic carbocycles. The third-order valence-corrected chi connectivity index (χ3v) is 5.78. The second kappa shape index (κ2) is 12.7. The van der Waals surface area contributed by atoms with Gasteiger partial charge in [-0.05, 0) is 36.4 Å². The minimum atomic E-state index is -0.576. The Bertz CT molecular complexity index is 1030. The van der Waals surface area contributed by atoms with Crippen LogP contribution in [0.4, 0.5) is 0 Å². The summed E-state index contributed by atoms with van der Waals surface area (Å²) in [6.45, 7) is 0. The SMILES string of the molecule is COc1ccc(OC)c(C(=S)N(C)NC(=O)CC(=O)NN(C)C(=S)c2cc(OC)ccc2OC)c1. The van der Waals surface area contributed by atoms with Crippen LogP contribution in [-0.4, -0.2) is 74.3 Å². The van der Waals surface area contributed by atoms with Gasteiger partial charge in [0.05, 0.1) is 39.6 Å². The summed E-state index contributed by atoms with van der Waals surface area (Å²) >= 11 is 10.9. The van der Waals surface area contributed by atoms with Gasteiger partial charge in [0.15, 0.2) is 0 Å². The zero-order valence-electron chi connectivity index (χ0n) is 20.3. The van der Waals surface area contributed by atoms with E-state index in [2.05, 4.69) is 10.9 Å². The smallest absolute Gasteiger partial charge is 0.248 e. The number of carbonyl (C=O) groups is 2. The molecule has 35 heavy (non-hydrogen) atoms. The van der Waals surface area contributed by atoms with Crippen LogP contribution < -0.4 is 29.8 Å². The number of hydrogen-bond acceptors (Lipinski definition) is 8. The molecule has 0 spiro atoms. The number of benzene rings is 2. The summed E-state index contributed by atoms with van der Waals surface area (Å²) < 4.78 is 21.1. The van der Waals surface area contributed by atoms with Gasteiger partial charge in [0, 0.05) is 14.1 Å². The largest absolute Gasteiger partial charge is 0.497 e. The molecule has 2 N–H and O–H groups in total. The van der Waals surface area contributed by atoms with Gasteiger partial charge in [-0.3, -0.25) is 30.5 Å². The maximum absolute atomic E-state index is 12.5. The van der Waals surface area contributed by atoms with Crippen LogP contribution in [0.2, 0.25) is 0 Å². The monoisotopic (exact) mass is 520 g/mol. The Kier molecular flexibility index (Phi) is 10.0. The molecule has 0 aromatic heterocycles. The molecule has 10 nitrogen and oxygen atoms in total. The van der Waals surface area contributed by atoms with E-state index in [0.717, 1.165) is 0 Å². The summed E-state index contributed by atoms with van der Waals surface area (Å²) in [5.74, 6) is 1.03. The highest BCUT2D eigenvalue weighted by atomic mass is 32.1. The number of thiocarbonyl (C=S) groups is 2. The first-order valence-electron chi connectivity index (χ1n) is 10.2. The van der Waals surface area contributed by atoms with Gasteiger partial charge in [0.25, 0.3) is 0 Å². The number of methoxy groups -OCH3 is 4. The molecule has 2 amide bonds. The van der Waals surface area contributed by atoms with Gasteiger partial charge < -0.3 is 18.9 Å². The summed E-state index contributed by atoms with van der Waals surface area (Å²) in [5, 5.41) is 2.66. The van der Waals surface area contributed by atoms with Gasteiger partial charge in [-0.15, -0.1) is 0 Å². The van der Waals surface area contributed by atoms with E-state index in [0.29, 0.717) is 34.1 Å². The highest BCUT2D eigenvalue weighted by Gasteiger charge is 2.20. The second-order valence-electron chi connectivity index (χ2n) is 7.11. The Labute approximate surface area is 215 Å². The van der Waals surface area contributed by atoms with Gasteiger partial charge in [-0.25, -0.2) is 0 Å². The Balaban J connectivity index is 2.00. The van der Waals surface area contributed by atoms with Crippen LogP contribution in [0.3, 0.4) is 0 Å². The van der Waals surface area contributed by atoms with Crippen LogP contribution in [0.25, 0.3) is 0 Å². The van der Waals surface area contributed by atoms with Crippen molar-refractivity contribution in [2.24, 2.45) is 0 Å². The molecule has 0 unspecified atom stereocenters. The molecule has 0 fully saturated rings. The Morgan fingerprint density at radius 3 is 1.40 bits per heavy atom. The topological polar surface area (TPSA) is 102 Å². The number of ether oxygens (including phenoxy) is 4. The lowest BCUT2D eigenvalue weighted by atomic mass is 10.2. The second-order valence-corrected chi connectivity index (χ2v) is 7.88. The fraction of sp³-hybridized carbons (Fsp3) is 0.304. The van der Waals surface area contributed by atoms with Gasteiger partial charge in [0.2, 0.25) is 11.8 Å². The van der Waals surface area contributed by atoms with Crippen LogP contribution in [0.15, 0.2) is 36.4 Å². The first-order chi connectivity index (χ1) is 16.6. The summed E-state index contributed by atoms with van der Waals surface area (Å²) in [7, 11) is 9.22. The van der Waals surface area contributed by atoms with Crippen molar-refractivity contribution >= 4 is 46.2 Å². The van der Waals surface area contributed by atoms with E-state index in [1.54, 1.807) is 50.5 Å². The summed E-state index contributed by atoms with van der Waals surface area (Å²) in [6, 6.07) is 10.3. The highest BCUT2D eigenvalue weighted by molar-refractivity contribution is 7.81. The number of amides is 2. The molecule has 0 saturated heterocycles. The maximum Gasteiger partial charge on any atom is 0.248 e. The molecule has 0 saturated carbocycles. The third-order valence-electron chi connectivity index (χ3n) is 4.79. The Morgan fingerprint density at radius 2 is 1.09 bits per heavy atom. The number of hydrogen-bond donors (Lipinski definition) is 2. The van der Waals surface area contributed by atoms with E-state index in [4.69, 9.17) is 43.4 Å². The first-order valence-corrected chi connectivity index (χ1v) is 11.1. The standard InChI is InChI=1S/C23H28N4O6S2/c1-26(22(34)16-11-14(30-3)7-9-18(16)32-5)24-20(28)13-21(29)25-27(2)23(35)17-12-15(31-4)8-10-19(17)33-6/h7-12H,13H2,1-6H3,(H,24,28)(H,25,29). The quantitative estimate of drug-likeness (QED) is 0.306. The fourth-order valence-electron chi connectivity index (χ4n) is 3.02. The van der Waals surface area contributed by atoms with Gasteiger partial charge in [0.1, 0.15) is 39.4 Å². The summed E-state index contributed by atoms with van der Waals surface area (Å²) in [5.41, 5.74) is 6.24. The Hall–Kier alpha value is -3.64. The van der Waals surface area contributed by atoms with Crippen LogP contribution in [0.5, 0.6) is 23.0 Å². The van der Waals surface area contributed by atoms with E-state index >= 15 is 0 Å².